The van der Waals surface area contributed by atoms with Gasteiger partial charge in [0, 0.05) is 12.1 Å². The molecule has 0 aliphatic heterocycles. The minimum absolute atomic E-state index is 0.0188. The average Bonchev–Trinajstić information content (AvgIpc) is 3.30. The van der Waals surface area contributed by atoms with Gasteiger partial charge in [0.25, 0.3) is 5.91 Å². The number of aliphatic hydroxyl groups is 2. The lowest BCUT2D eigenvalue weighted by atomic mass is 10.1. The van der Waals surface area contributed by atoms with E-state index in [0.717, 1.165) is 23.1 Å². The van der Waals surface area contributed by atoms with Crippen LogP contribution in [0.2, 0.25) is 5.02 Å². The third kappa shape index (κ3) is 5.90. The van der Waals surface area contributed by atoms with Crippen molar-refractivity contribution in [2.45, 2.75) is 39.7 Å². The molecular formula is C24H27ClFN3O4S. The van der Waals surface area contributed by atoms with Gasteiger partial charge in [-0.2, -0.15) is 0 Å². The normalized spacial score (nSPS) is 12.0. The largest absolute Gasteiger partial charge is 0.490 e. The number of benzene rings is 2. The Balaban J connectivity index is 1.90. The van der Waals surface area contributed by atoms with Gasteiger partial charge in [-0.15, -0.1) is 10.2 Å². The Bertz CT molecular complexity index is 1130. The number of hydrogen-bond donors (Lipinski definition) is 2. The molecule has 0 bridgehead atoms. The Kier molecular flexibility index (Phi) is 8.96. The zero-order chi connectivity index (χ0) is 24.8. The van der Waals surface area contributed by atoms with E-state index in [1.165, 1.54) is 34.4 Å². The Morgan fingerprint density at radius 2 is 1.97 bits per heavy atom. The number of hydrogen-bond acceptors (Lipinski definition) is 7. The number of unbranched alkanes of at least 4 members (excludes halogenated alkanes) is 1. The van der Waals surface area contributed by atoms with Crippen molar-refractivity contribution in [2.24, 2.45) is 0 Å². The summed E-state index contributed by atoms with van der Waals surface area (Å²) in [4.78, 5) is 14.6. The van der Waals surface area contributed by atoms with Crippen LogP contribution in [0.25, 0.3) is 10.6 Å². The standard InChI is InChI=1S/C24H27ClFN3O4S/c1-4-5-9-29(23(32)18-7-6-8-19(25)20(18)26)24-28-27-22(34-24)16-10-14(2)21(15(3)11-16)33-13-17(31)12-30/h6-8,10-11,17,30-31H,4-5,9,12-13H2,1-3H3. The summed E-state index contributed by atoms with van der Waals surface area (Å²) in [6.45, 7) is 5.72. The van der Waals surface area contributed by atoms with Crippen molar-refractivity contribution in [3.05, 3.63) is 57.9 Å². The van der Waals surface area contributed by atoms with Crippen LogP contribution < -0.4 is 9.64 Å². The lowest BCUT2D eigenvalue weighted by molar-refractivity contribution is 0.0532. The molecule has 3 aromatic rings. The van der Waals surface area contributed by atoms with E-state index >= 15 is 0 Å². The molecule has 1 amide bonds. The number of ether oxygens (including phenoxy) is 1. The van der Waals surface area contributed by atoms with Crippen LogP contribution >= 0.6 is 22.9 Å². The van der Waals surface area contributed by atoms with Gasteiger partial charge in [-0.05, 0) is 55.7 Å². The SMILES string of the molecule is CCCCN(C(=O)c1cccc(Cl)c1F)c1nnc(-c2cc(C)c(OCC(O)CO)c(C)c2)s1. The van der Waals surface area contributed by atoms with Crippen molar-refractivity contribution in [2.75, 3.05) is 24.7 Å². The molecule has 7 nitrogen and oxygen atoms in total. The molecule has 182 valence electrons. The molecule has 1 atom stereocenters. The zero-order valence-corrected chi connectivity index (χ0v) is 20.8. The van der Waals surface area contributed by atoms with Gasteiger partial charge >= 0.3 is 0 Å². The monoisotopic (exact) mass is 507 g/mol. The van der Waals surface area contributed by atoms with Gasteiger partial charge in [-0.1, -0.05) is 42.3 Å². The minimum Gasteiger partial charge on any atom is -0.490 e. The van der Waals surface area contributed by atoms with Crippen molar-refractivity contribution < 1.29 is 24.1 Å². The van der Waals surface area contributed by atoms with Crippen LogP contribution in [0.4, 0.5) is 9.52 Å². The molecule has 1 unspecified atom stereocenters. The molecular weight excluding hydrogens is 481 g/mol. The van der Waals surface area contributed by atoms with Crippen molar-refractivity contribution in [1.29, 1.82) is 0 Å². The first-order valence-corrected chi connectivity index (χ1v) is 12.1. The highest BCUT2D eigenvalue weighted by Crippen LogP contribution is 2.34. The van der Waals surface area contributed by atoms with Crippen LogP contribution in [-0.2, 0) is 0 Å². The maximum absolute atomic E-state index is 14.5. The number of amides is 1. The second-order valence-electron chi connectivity index (χ2n) is 7.89. The van der Waals surface area contributed by atoms with Gasteiger partial charge in [0.1, 0.15) is 23.5 Å². The first kappa shape index (κ1) is 26.0. The Hall–Kier alpha value is -2.59. The second kappa shape index (κ2) is 11.7. The molecule has 0 spiro atoms. The predicted octanol–water partition coefficient (Wildman–Crippen LogP) is 4.79. The van der Waals surface area contributed by atoms with E-state index in [1.807, 2.05) is 32.9 Å². The molecule has 0 saturated heterocycles. The number of halogens is 2. The molecule has 2 aromatic carbocycles. The number of aliphatic hydroxyl groups excluding tert-OH is 2. The highest BCUT2D eigenvalue weighted by Gasteiger charge is 2.25. The van der Waals surface area contributed by atoms with Crippen molar-refractivity contribution in [3.8, 4) is 16.3 Å². The van der Waals surface area contributed by atoms with Gasteiger partial charge in [0.05, 0.1) is 17.2 Å². The van der Waals surface area contributed by atoms with E-state index in [-0.39, 0.29) is 23.8 Å². The second-order valence-corrected chi connectivity index (χ2v) is 9.25. The van der Waals surface area contributed by atoms with Crippen LogP contribution in [0.5, 0.6) is 5.75 Å². The average molecular weight is 508 g/mol. The van der Waals surface area contributed by atoms with Crippen molar-refractivity contribution in [3.63, 3.8) is 0 Å². The topological polar surface area (TPSA) is 95.8 Å². The predicted molar refractivity (Wildman–Crippen MR) is 131 cm³/mol. The van der Waals surface area contributed by atoms with E-state index in [0.29, 0.717) is 28.9 Å². The van der Waals surface area contributed by atoms with E-state index in [4.69, 9.17) is 21.4 Å². The van der Waals surface area contributed by atoms with Gasteiger partial charge < -0.3 is 14.9 Å². The van der Waals surface area contributed by atoms with E-state index in [2.05, 4.69) is 10.2 Å². The third-order valence-corrected chi connectivity index (χ3v) is 6.43. The summed E-state index contributed by atoms with van der Waals surface area (Å²) >= 11 is 7.12. The quantitative estimate of drug-likeness (QED) is 0.409. The first-order valence-electron chi connectivity index (χ1n) is 10.9. The van der Waals surface area contributed by atoms with Gasteiger partial charge in [-0.25, -0.2) is 4.39 Å². The van der Waals surface area contributed by atoms with Crippen LogP contribution in [0.15, 0.2) is 30.3 Å². The first-order chi connectivity index (χ1) is 16.3. The fourth-order valence-corrected chi connectivity index (χ4v) is 4.42. The molecule has 0 aliphatic carbocycles. The molecule has 0 radical (unpaired) electrons. The summed E-state index contributed by atoms with van der Waals surface area (Å²) in [6, 6.07) is 8.11. The number of carbonyl (C=O) groups is 1. The number of rotatable bonds is 10. The maximum atomic E-state index is 14.5. The molecule has 0 aliphatic rings. The van der Waals surface area contributed by atoms with Crippen LogP contribution in [0.3, 0.4) is 0 Å². The van der Waals surface area contributed by atoms with E-state index < -0.39 is 17.8 Å². The lowest BCUT2D eigenvalue weighted by Crippen LogP contribution is -2.32. The lowest BCUT2D eigenvalue weighted by Gasteiger charge is -2.19. The molecule has 3 rings (SSSR count). The molecule has 1 aromatic heterocycles. The minimum atomic E-state index is -0.958. The third-order valence-electron chi connectivity index (χ3n) is 5.15. The number of aryl methyl sites for hydroxylation is 2. The van der Waals surface area contributed by atoms with Gasteiger partial charge in [-0.3, -0.25) is 9.69 Å². The molecule has 34 heavy (non-hydrogen) atoms. The Morgan fingerprint density at radius 1 is 1.26 bits per heavy atom. The van der Waals surface area contributed by atoms with Crippen LogP contribution in [-0.4, -0.2) is 52.2 Å². The van der Waals surface area contributed by atoms with E-state index in [9.17, 15) is 14.3 Å². The number of carbonyl (C=O) groups excluding carboxylic acids is 1. The van der Waals surface area contributed by atoms with E-state index in [1.54, 1.807) is 0 Å². The van der Waals surface area contributed by atoms with Crippen molar-refractivity contribution >= 4 is 34.0 Å². The smallest absolute Gasteiger partial charge is 0.263 e. The fraction of sp³-hybridized carbons (Fsp3) is 0.375. The highest BCUT2D eigenvalue weighted by molar-refractivity contribution is 7.18. The maximum Gasteiger partial charge on any atom is 0.263 e. The van der Waals surface area contributed by atoms with Crippen LogP contribution in [0, 0.1) is 19.7 Å². The van der Waals surface area contributed by atoms with Crippen molar-refractivity contribution in [1.82, 2.24) is 10.2 Å². The number of anilines is 1. The summed E-state index contributed by atoms with van der Waals surface area (Å²) in [6.07, 6.45) is 0.602. The summed E-state index contributed by atoms with van der Waals surface area (Å²) in [5.74, 6) is -0.652. The zero-order valence-electron chi connectivity index (χ0n) is 19.2. The van der Waals surface area contributed by atoms with Gasteiger partial charge in [0.15, 0.2) is 5.82 Å². The van der Waals surface area contributed by atoms with Crippen LogP contribution in [0.1, 0.15) is 41.3 Å². The summed E-state index contributed by atoms with van der Waals surface area (Å²) in [7, 11) is 0. The number of nitrogens with zero attached hydrogens (tertiary/aromatic N) is 3. The summed E-state index contributed by atoms with van der Waals surface area (Å²) < 4.78 is 20.2. The molecule has 0 fully saturated rings. The summed E-state index contributed by atoms with van der Waals surface area (Å²) in [5.41, 5.74) is 2.35. The van der Waals surface area contributed by atoms with Gasteiger partial charge in [0.2, 0.25) is 5.13 Å². The molecule has 0 saturated carbocycles. The summed E-state index contributed by atoms with van der Waals surface area (Å²) in [5, 5.41) is 27.9. The molecule has 1 heterocycles. The highest BCUT2D eigenvalue weighted by atomic mass is 35.5. The number of aromatic nitrogens is 2. The molecule has 10 heteroatoms. The fourth-order valence-electron chi connectivity index (χ4n) is 3.39. The Labute approximate surface area is 206 Å². The molecule has 2 N–H and O–H groups in total. The Morgan fingerprint density at radius 3 is 2.62 bits per heavy atom.